The molecule has 16 heavy (non-hydrogen) atoms. The first kappa shape index (κ1) is 14.0. The van der Waals surface area contributed by atoms with E-state index in [4.69, 9.17) is 0 Å². The molecule has 0 aromatic rings. The minimum absolute atomic E-state index is 0.0833. The maximum Gasteiger partial charge on any atom is 0.157 e. The van der Waals surface area contributed by atoms with Gasteiger partial charge in [0.15, 0.2) is 9.84 Å². The topological polar surface area (TPSA) is 46.2 Å². The molecule has 0 amide bonds. The van der Waals surface area contributed by atoms with E-state index in [9.17, 15) is 8.42 Å². The van der Waals surface area contributed by atoms with Gasteiger partial charge in [-0.2, -0.15) is 0 Å². The summed E-state index contributed by atoms with van der Waals surface area (Å²) in [5.74, 6) is 0. The lowest BCUT2D eigenvalue weighted by molar-refractivity contribution is 0.297. The molecule has 1 aliphatic carbocycles. The Balaban J connectivity index is 2.99. The van der Waals surface area contributed by atoms with Gasteiger partial charge in [0, 0.05) is 6.04 Å². The average Bonchev–Trinajstić information content (AvgIpc) is 2.52. The summed E-state index contributed by atoms with van der Waals surface area (Å²) in [7, 11) is -1.11. The Morgan fingerprint density at radius 1 is 1.44 bits per heavy atom. The van der Waals surface area contributed by atoms with Crippen LogP contribution in [-0.2, 0) is 9.84 Å². The Labute approximate surface area is 99.9 Å². The first-order chi connectivity index (χ1) is 7.27. The van der Waals surface area contributed by atoms with Crippen molar-refractivity contribution >= 4 is 9.84 Å². The Hall–Kier alpha value is -0.0900. The molecule has 1 N–H and O–H groups in total. The normalized spacial score (nSPS) is 31.6. The van der Waals surface area contributed by atoms with E-state index in [2.05, 4.69) is 19.2 Å². The van der Waals surface area contributed by atoms with Crippen LogP contribution in [0.25, 0.3) is 0 Å². The van der Waals surface area contributed by atoms with E-state index in [1.807, 2.05) is 20.9 Å². The van der Waals surface area contributed by atoms with Crippen molar-refractivity contribution in [3.8, 4) is 0 Å². The number of hydrogen-bond acceptors (Lipinski definition) is 3. The molecule has 1 rings (SSSR count). The second-order valence-electron chi connectivity index (χ2n) is 5.64. The molecular weight excluding hydrogens is 222 g/mol. The highest BCUT2D eigenvalue weighted by atomic mass is 32.2. The number of nitrogens with one attached hydrogen (secondary N) is 1. The van der Waals surface area contributed by atoms with Crippen LogP contribution in [0.4, 0.5) is 0 Å². The van der Waals surface area contributed by atoms with Crippen LogP contribution in [0, 0.1) is 5.41 Å². The minimum Gasteiger partial charge on any atom is -0.315 e. The van der Waals surface area contributed by atoms with Crippen molar-refractivity contribution in [3.05, 3.63) is 0 Å². The first-order valence-electron chi connectivity index (χ1n) is 6.17. The molecule has 3 unspecified atom stereocenters. The summed E-state index contributed by atoms with van der Waals surface area (Å²) in [6.45, 7) is 8.07. The van der Waals surface area contributed by atoms with Crippen LogP contribution >= 0.6 is 0 Å². The molecule has 1 saturated carbocycles. The lowest BCUT2D eigenvalue weighted by atomic mass is 9.87. The van der Waals surface area contributed by atoms with E-state index in [1.54, 1.807) is 0 Å². The fourth-order valence-electron chi connectivity index (χ4n) is 2.80. The second kappa shape index (κ2) is 4.65. The lowest BCUT2D eigenvalue weighted by Crippen LogP contribution is -2.47. The molecule has 3 atom stereocenters. The summed E-state index contributed by atoms with van der Waals surface area (Å²) in [6, 6.07) is 0.0894. The van der Waals surface area contributed by atoms with Crippen molar-refractivity contribution in [2.24, 2.45) is 5.41 Å². The molecule has 0 spiro atoms. The Morgan fingerprint density at radius 2 is 2.00 bits per heavy atom. The van der Waals surface area contributed by atoms with Crippen LogP contribution in [0.3, 0.4) is 0 Å². The third-order valence-corrected chi connectivity index (χ3v) is 6.96. The lowest BCUT2D eigenvalue weighted by Gasteiger charge is -2.31. The fraction of sp³-hybridized carbons (Fsp3) is 1.00. The highest BCUT2D eigenvalue weighted by Crippen LogP contribution is 2.41. The maximum atomic E-state index is 12.4. The Kier molecular flexibility index (Phi) is 4.06. The number of sulfone groups is 1. The molecule has 1 aliphatic rings. The predicted octanol–water partition coefficient (Wildman–Crippen LogP) is 1.98. The quantitative estimate of drug-likeness (QED) is 0.826. The number of rotatable bonds is 4. The zero-order valence-corrected chi connectivity index (χ0v) is 11.9. The van der Waals surface area contributed by atoms with E-state index < -0.39 is 9.84 Å². The summed E-state index contributed by atoms with van der Waals surface area (Å²) in [5.41, 5.74) is 0.0833. The van der Waals surface area contributed by atoms with Gasteiger partial charge in [-0.25, -0.2) is 8.42 Å². The van der Waals surface area contributed by atoms with Gasteiger partial charge in [0.1, 0.15) is 0 Å². The summed E-state index contributed by atoms with van der Waals surface area (Å²) in [5, 5.41) is 2.78. The Morgan fingerprint density at radius 3 is 2.44 bits per heavy atom. The molecule has 0 bridgehead atoms. The van der Waals surface area contributed by atoms with Gasteiger partial charge in [0.05, 0.1) is 10.5 Å². The zero-order chi connectivity index (χ0) is 12.6. The van der Waals surface area contributed by atoms with Gasteiger partial charge in [-0.3, -0.25) is 0 Å². The van der Waals surface area contributed by atoms with Gasteiger partial charge in [0.25, 0.3) is 0 Å². The molecule has 96 valence electrons. The monoisotopic (exact) mass is 247 g/mol. The molecule has 0 aromatic heterocycles. The van der Waals surface area contributed by atoms with Gasteiger partial charge < -0.3 is 5.32 Å². The maximum absolute atomic E-state index is 12.4. The van der Waals surface area contributed by atoms with E-state index in [-0.39, 0.29) is 22.0 Å². The molecule has 0 heterocycles. The van der Waals surface area contributed by atoms with Crippen molar-refractivity contribution in [1.29, 1.82) is 0 Å². The zero-order valence-electron chi connectivity index (χ0n) is 11.1. The van der Waals surface area contributed by atoms with E-state index >= 15 is 0 Å². The molecule has 1 fully saturated rings. The van der Waals surface area contributed by atoms with Crippen LogP contribution in [0.2, 0.25) is 0 Å². The highest BCUT2D eigenvalue weighted by molar-refractivity contribution is 7.92. The van der Waals surface area contributed by atoms with Crippen LogP contribution in [0.1, 0.15) is 47.0 Å². The Bertz CT molecular complexity index is 335. The second-order valence-corrected chi connectivity index (χ2v) is 8.23. The molecular formula is C12H25NO2S. The van der Waals surface area contributed by atoms with Crippen molar-refractivity contribution in [2.75, 3.05) is 7.05 Å². The predicted molar refractivity (Wildman–Crippen MR) is 68.3 cm³/mol. The van der Waals surface area contributed by atoms with Crippen LogP contribution in [0.15, 0.2) is 0 Å². The standard InChI is InChI=1S/C12H25NO2S/c1-6-9(2)16(14,15)10-7-8-12(3,4)11(10)13-5/h9-11,13H,6-8H2,1-5H3. The highest BCUT2D eigenvalue weighted by Gasteiger charge is 2.48. The van der Waals surface area contributed by atoms with E-state index in [1.165, 1.54) is 0 Å². The number of hydrogen-bond donors (Lipinski definition) is 1. The van der Waals surface area contributed by atoms with Crippen LogP contribution in [0.5, 0.6) is 0 Å². The van der Waals surface area contributed by atoms with Crippen molar-refractivity contribution < 1.29 is 8.42 Å². The van der Waals surface area contributed by atoms with E-state index in [0.717, 1.165) is 12.8 Å². The minimum atomic E-state index is -2.98. The summed E-state index contributed by atoms with van der Waals surface area (Å²) in [4.78, 5) is 0. The first-order valence-corrected chi connectivity index (χ1v) is 7.78. The van der Waals surface area contributed by atoms with Crippen molar-refractivity contribution in [2.45, 2.75) is 63.5 Å². The van der Waals surface area contributed by atoms with Crippen LogP contribution < -0.4 is 5.32 Å². The molecule has 4 heteroatoms. The van der Waals surface area contributed by atoms with Crippen molar-refractivity contribution in [1.82, 2.24) is 5.32 Å². The largest absolute Gasteiger partial charge is 0.315 e. The summed E-state index contributed by atoms with van der Waals surface area (Å²) < 4.78 is 24.8. The third kappa shape index (κ3) is 2.28. The van der Waals surface area contributed by atoms with Crippen molar-refractivity contribution in [3.63, 3.8) is 0 Å². The third-order valence-electron chi connectivity index (χ3n) is 4.16. The van der Waals surface area contributed by atoms with Gasteiger partial charge in [-0.1, -0.05) is 20.8 Å². The summed E-state index contributed by atoms with van der Waals surface area (Å²) >= 11 is 0. The molecule has 0 aromatic carbocycles. The molecule has 0 saturated heterocycles. The summed E-state index contributed by atoms with van der Waals surface area (Å²) in [6.07, 6.45) is 2.49. The van der Waals surface area contributed by atoms with Gasteiger partial charge >= 0.3 is 0 Å². The molecule has 0 radical (unpaired) electrons. The van der Waals surface area contributed by atoms with E-state index in [0.29, 0.717) is 6.42 Å². The average molecular weight is 247 g/mol. The van der Waals surface area contributed by atoms with Gasteiger partial charge in [-0.15, -0.1) is 0 Å². The SMILES string of the molecule is CCC(C)S(=O)(=O)C1CCC(C)(C)C1NC. The molecule has 3 nitrogen and oxygen atoms in total. The van der Waals surface area contributed by atoms with Gasteiger partial charge in [0.2, 0.25) is 0 Å². The van der Waals surface area contributed by atoms with Crippen LogP contribution in [-0.4, -0.2) is 32.0 Å². The fourth-order valence-corrected chi connectivity index (χ4v) is 5.19. The van der Waals surface area contributed by atoms with Gasteiger partial charge in [-0.05, 0) is 38.6 Å². The smallest absolute Gasteiger partial charge is 0.157 e. The molecule has 0 aliphatic heterocycles.